The molecule has 570 valence electrons. The SMILES string of the molecule is OCC1OC(OC2C(CO)OC(CC3OC4OC5C(CO)OC(OC6C(CO)OC(OC7C(CO)OC(OC8C(CO)OC(OC9C(CO)OC(OC%10C(CO)OC(OC3C(O)C4O)C(O)C%10O)C(O)C9O)C(O)C8O)C(O)C7O)C(O)C6O)C(O)C5O)C(O)C2O)C(O)C(O)C1O. The predicted octanol–water partition coefficient (Wildman–Crippen LogP) is -19.2. The van der Waals surface area contributed by atoms with Gasteiger partial charge in [0.25, 0.3) is 0 Å². The topological polar surface area (TPSA) is 703 Å². The summed E-state index contributed by atoms with van der Waals surface area (Å²) in [6.45, 7) is -8.78. The van der Waals surface area contributed by atoms with Crippen LogP contribution in [-0.4, -0.2) is 467 Å². The van der Waals surface area contributed by atoms with E-state index in [1.165, 1.54) is 0 Å². The van der Waals surface area contributed by atoms with Gasteiger partial charge < -0.3 is 218 Å². The van der Waals surface area contributed by atoms with Crippen molar-refractivity contribution in [2.45, 2.75) is 283 Å². The lowest BCUT2D eigenvalue weighted by Crippen LogP contribution is -2.68. The standard InChI is InChI=1S/C54H90O44/c55-2-12-21(64)22(65)31(74)47(84-12)92-40-13(3-56)82-10(20(63)23(40)66)1-11-39-24(67)32(75)48(83-11)93-41-14(4-57)86-50(34(77)26(41)69)95-43-16(6-59)88-52(36(79)28(43)71)97-45-18(8-61)90-54(38(81)30(45)73)98-46-19(9-62)89-53(37(80)29(46)72)96-44-17(7-60)87-51(35(78)27(44)70)94-42-15(5-58)85-49(91-39)33(76)25(42)68/h10-81H,1-9H2. The van der Waals surface area contributed by atoms with E-state index in [0.29, 0.717) is 0 Å². The van der Waals surface area contributed by atoms with Crippen molar-refractivity contribution >= 4 is 0 Å². The second kappa shape index (κ2) is 33.4. The molecule has 44 nitrogen and oxygen atoms in total. The van der Waals surface area contributed by atoms with Crippen LogP contribution in [-0.2, 0) is 80.5 Å². The third kappa shape index (κ3) is 15.5. The van der Waals surface area contributed by atoms with Crippen LogP contribution in [0.1, 0.15) is 6.42 Å². The minimum atomic E-state index is -2.43. The Morgan fingerprint density at radius 2 is 0.398 bits per heavy atom. The zero-order valence-electron chi connectivity index (χ0n) is 51.4. The summed E-state index contributed by atoms with van der Waals surface area (Å²) in [5, 5.41) is 301. The molecule has 23 saturated heterocycles. The van der Waals surface area contributed by atoms with Crippen molar-refractivity contribution in [3.05, 3.63) is 0 Å². The molecule has 0 amide bonds. The number of hydrogen-bond acceptors (Lipinski definition) is 44. The van der Waals surface area contributed by atoms with Crippen LogP contribution in [0.2, 0.25) is 0 Å². The molecule has 0 saturated carbocycles. The van der Waals surface area contributed by atoms with E-state index in [1.54, 1.807) is 0 Å². The number of aliphatic hydroxyl groups excluding tert-OH is 27. The number of hydrogen-bond donors (Lipinski definition) is 27. The normalized spacial score (nSPS) is 55.6. The van der Waals surface area contributed by atoms with E-state index in [-0.39, 0.29) is 0 Å². The summed E-state index contributed by atoms with van der Waals surface area (Å²) in [5.41, 5.74) is 0. The van der Waals surface area contributed by atoms with Crippen LogP contribution in [0.3, 0.4) is 0 Å². The Bertz CT molecular complexity index is 2440. The molecule has 44 heteroatoms. The molecule has 23 fully saturated rings. The fourth-order valence-electron chi connectivity index (χ4n) is 13.5. The van der Waals surface area contributed by atoms with Crippen LogP contribution < -0.4 is 0 Å². The van der Waals surface area contributed by atoms with Gasteiger partial charge in [0.1, 0.15) is 214 Å². The Labute approximate surface area is 552 Å². The van der Waals surface area contributed by atoms with Gasteiger partial charge in [-0.05, 0) is 0 Å². The van der Waals surface area contributed by atoms with Gasteiger partial charge in [0.05, 0.1) is 65.1 Å². The summed E-state index contributed by atoms with van der Waals surface area (Å²) in [6, 6.07) is 0. The maximum absolute atomic E-state index is 12.1. The van der Waals surface area contributed by atoms with Crippen molar-refractivity contribution in [2.24, 2.45) is 0 Å². The highest BCUT2D eigenvalue weighted by atomic mass is 16.8. The first-order valence-corrected chi connectivity index (χ1v) is 31.5. The van der Waals surface area contributed by atoms with Crippen LogP contribution in [0.5, 0.6) is 0 Å². The van der Waals surface area contributed by atoms with Gasteiger partial charge in [-0.25, -0.2) is 0 Å². The molecule has 0 aromatic carbocycles. The lowest BCUT2D eigenvalue weighted by atomic mass is 9.88. The Balaban J connectivity index is 0.953. The van der Waals surface area contributed by atoms with Crippen LogP contribution >= 0.6 is 0 Å². The van der Waals surface area contributed by atoms with Gasteiger partial charge >= 0.3 is 0 Å². The third-order valence-electron chi connectivity index (χ3n) is 19.2. The fourth-order valence-corrected chi connectivity index (χ4v) is 13.5. The van der Waals surface area contributed by atoms with E-state index in [9.17, 15) is 138 Å². The van der Waals surface area contributed by atoms with Crippen molar-refractivity contribution in [1.82, 2.24) is 0 Å². The summed E-state index contributed by atoms with van der Waals surface area (Å²) in [7, 11) is 0. The van der Waals surface area contributed by atoms with Crippen molar-refractivity contribution in [1.29, 1.82) is 0 Å². The van der Waals surface area contributed by atoms with E-state index in [0.717, 1.165) is 0 Å². The van der Waals surface area contributed by atoms with Crippen molar-refractivity contribution in [2.75, 3.05) is 52.9 Å². The van der Waals surface area contributed by atoms with Crippen molar-refractivity contribution in [3.63, 3.8) is 0 Å². The molecule has 45 unspecified atom stereocenters. The molecule has 23 rings (SSSR count). The molecule has 27 N–H and O–H groups in total. The highest BCUT2D eigenvalue weighted by Gasteiger charge is 2.61. The average Bonchev–Trinajstić information content (AvgIpc) is 0.773. The average molecular weight is 1440 g/mol. The summed E-state index contributed by atoms with van der Waals surface area (Å²) in [5.74, 6) is 0. The Morgan fingerprint density at radius 1 is 0.173 bits per heavy atom. The van der Waals surface area contributed by atoms with Crippen LogP contribution in [0, 0.1) is 0 Å². The van der Waals surface area contributed by atoms with Gasteiger partial charge in [-0.2, -0.15) is 0 Å². The molecule has 0 spiro atoms. The fraction of sp³-hybridized carbons (Fsp3) is 1.00. The van der Waals surface area contributed by atoms with Crippen LogP contribution in [0.15, 0.2) is 0 Å². The first kappa shape index (κ1) is 78.8. The van der Waals surface area contributed by atoms with Gasteiger partial charge in [0, 0.05) is 6.42 Å². The summed E-state index contributed by atoms with van der Waals surface area (Å²) in [4.78, 5) is 0. The van der Waals surface area contributed by atoms with E-state index >= 15 is 0 Å². The van der Waals surface area contributed by atoms with Crippen molar-refractivity contribution in [3.8, 4) is 0 Å². The second-order valence-electron chi connectivity index (χ2n) is 25.4. The number of aliphatic hydroxyl groups is 27. The number of rotatable bonds is 12. The molecule has 0 aromatic heterocycles. The van der Waals surface area contributed by atoms with E-state index in [1.807, 2.05) is 0 Å². The predicted molar refractivity (Wildman–Crippen MR) is 292 cm³/mol. The minimum absolute atomic E-state index is 0.893. The summed E-state index contributed by atoms with van der Waals surface area (Å²) >= 11 is 0. The molecule has 23 aliphatic rings. The molecular weight excluding hydrogens is 1350 g/mol. The Kier molecular flexibility index (Phi) is 26.8. The van der Waals surface area contributed by atoms with Gasteiger partial charge in [0.15, 0.2) is 50.3 Å². The zero-order chi connectivity index (χ0) is 71.4. The lowest BCUT2D eigenvalue weighted by Gasteiger charge is -2.51. The van der Waals surface area contributed by atoms with Gasteiger partial charge in [-0.15, -0.1) is 0 Å². The van der Waals surface area contributed by atoms with E-state index in [4.69, 9.17) is 80.5 Å². The number of ether oxygens (including phenoxy) is 17. The smallest absolute Gasteiger partial charge is 0.187 e. The summed E-state index contributed by atoms with van der Waals surface area (Å²) < 4.78 is 98.2. The monoisotopic (exact) mass is 1440 g/mol. The Hall–Kier alpha value is -1.76. The molecule has 14 bridgehead atoms. The molecular formula is C54H90O44. The van der Waals surface area contributed by atoms with E-state index in [2.05, 4.69) is 0 Å². The molecule has 23 aliphatic heterocycles. The molecule has 45 atom stereocenters. The molecule has 0 radical (unpaired) electrons. The highest BCUT2D eigenvalue weighted by Crippen LogP contribution is 2.41. The lowest BCUT2D eigenvalue weighted by molar-refractivity contribution is -0.397. The third-order valence-corrected chi connectivity index (χ3v) is 19.2. The molecule has 0 aromatic rings. The molecule has 0 aliphatic carbocycles. The zero-order valence-corrected chi connectivity index (χ0v) is 51.4. The van der Waals surface area contributed by atoms with Crippen LogP contribution in [0.4, 0.5) is 0 Å². The molecule has 23 heterocycles. The molecule has 98 heavy (non-hydrogen) atoms. The van der Waals surface area contributed by atoms with Gasteiger partial charge in [0.2, 0.25) is 0 Å². The highest BCUT2D eigenvalue weighted by molar-refractivity contribution is 5.04. The second-order valence-corrected chi connectivity index (χ2v) is 25.4. The minimum Gasteiger partial charge on any atom is -0.394 e. The first-order chi connectivity index (χ1) is 46.6. The van der Waals surface area contributed by atoms with Crippen LogP contribution in [0.25, 0.3) is 0 Å². The van der Waals surface area contributed by atoms with Crippen molar-refractivity contribution < 1.29 is 218 Å². The van der Waals surface area contributed by atoms with Gasteiger partial charge in [-0.3, -0.25) is 0 Å². The maximum atomic E-state index is 12.1. The Morgan fingerprint density at radius 3 is 0.643 bits per heavy atom. The quantitative estimate of drug-likeness (QED) is 0.0863. The van der Waals surface area contributed by atoms with E-state index < -0.39 is 335 Å². The maximum Gasteiger partial charge on any atom is 0.187 e. The largest absolute Gasteiger partial charge is 0.394 e. The summed E-state index contributed by atoms with van der Waals surface area (Å²) in [6.07, 6.45) is -95.0. The van der Waals surface area contributed by atoms with Gasteiger partial charge in [-0.1, -0.05) is 0 Å². The first-order valence-electron chi connectivity index (χ1n) is 31.5.